The molecule has 1 aromatic rings. The second-order valence-corrected chi connectivity index (χ2v) is 6.12. The van der Waals surface area contributed by atoms with Gasteiger partial charge in [0.1, 0.15) is 11.4 Å². The highest BCUT2D eigenvalue weighted by Gasteiger charge is 2.22. The predicted molar refractivity (Wildman–Crippen MR) is 75.0 cm³/mol. The Hall–Kier alpha value is -1.45. The van der Waals surface area contributed by atoms with Crippen LogP contribution in [0.3, 0.4) is 0 Å². The van der Waals surface area contributed by atoms with Gasteiger partial charge in [0.2, 0.25) is 5.88 Å². The summed E-state index contributed by atoms with van der Waals surface area (Å²) in [6.07, 6.45) is 1.22. The summed E-state index contributed by atoms with van der Waals surface area (Å²) in [5.41, 5.74) is 6.23. The van der Waals surface area contributed by atoms with Crippen LogP contribution in [0.15, 0.2) is 12.1 Å². The first-order valence-corrected chi connectivity index (χ1v) is 6.55. The molecule has 4 nitrogen and oxygen atoms in total. The van der Waals surface area contributed by atoms with E-state index in [1.165, 1.54) is 6.42 Å². The molecule has 0 aliphatic carbocycles. The van der Waals surface area contributed by atoms with E-state index in [4.69, 9.17) is 10.5 Å². The number of pyridine rings is 1. The monoisotopic (exact) mass is 249 g/mol. The predicted octanol–water partition coefficient (Wildman–Crippen LogP) is 2.69. The zero-order valence-electron chi connectivity index (χ0n) is 11.7. The fourth-order valence-electron chi connectivity index (χ4n) is 2.13. The molecule has 0 amide bonds. The van der Waals surface area contributed by atoms with Gasteiger partial charge in [-0.1, -0.05) is 6.92 Å². The normalized spacial score (nSPS) is 20.2. The van der Waals surface area contributed by atoms with Crippen molar-refractivity contribution in [3.05, 3.63) is 12.1 Å². The lowest BCUT2D eigenvalue weighted by Crippen LogP contribution is -2.25. The van der Waals surface area contributed by atoms with Crippen molar-refractivity contribution in [2.24, 2.45) is 5.92 Å². The minimum absolute atomic E-state index is 0.280. The summed E-state index contributed by atoms with van der Waals surface area (Å²) in [5.74, 6) is 2.24. The Morgan fingerprint density at radius 1 is 1.39 bits per heavy atom. The van der Waals surface area contributed by atoms with Crippen molar-refractivity contribution < 1.29 is 4.74 Å². The number of ether oxygens (including phenoxy) is 1. The molecule has 1 saturated heterocycles. The second kappa shape index (κ2) is 4.67. The number of hydrogen-bond acceptors (Lipinski definition) is 4. The minimum Gasteiger partial charge on any atom is -0.470 e. The summed E-state index contributed by atoms with van der Waals surface area (Å²) in [6.45, 7) is 10.4. The van der Waals surface area contributed by atoms with Crippen molar-refractivity contribution in [3.8, 4) is 5.88 Å². The minimum atomic E-state index is -0.280. The third kappa shape index (κ3) is 3.06. The van der Waals surface area contributed by atoms with E-state index in [0.29, 0.717) is 11.6 Å². The van der Waals surface area contributed by atoms with E-state index >= 15 is 0 Å². The molecular formula is C14H23N3O. The summed E-state index contributed by atoms with van der Waals surface area (Å²) in [5, 5.41) is 0. The van der Waals surface area contributed by atoms with Gasteiger partial charge in [-0.05, 0) is 45.2 Å². The quantitative estimate of drug-likeness (QED) is 0.875. The van der Waals surface area contributed by atoms with Crippen LogP contribution in [0.2, 0.25) is 0 Å². The fraction of sp³-hybridized carbons (Fsp3) is 0.643. The Labute approximate surface area is 109 Å². The zero-order chi connectivity index (χ0) is 13.3. The standard InChI is InChI=1S/C14H23N3O/c1-10-7-8-17(9-10)12-6-5-11(15)13(16-12)18-14(2,3)4/h5-6,10H,7-9,15H2,1-4H3. The fourth-order valence-corrected chi connectivity index (χ4v) is 2.13. The van der Waals surface area contributed by atoms with Crippen molar-refractivity contribution in [1.82, 2.24) is 4.98 Å². The number of nitrogens with two attached hydrogens (primary N) is 1. The zero-order valence-corrected chi connectivity index (χ0v) is 11.7. The lowest BCUT2D eigenvalue weighted by atomic mass is 10.2. The van der Waals surface area contributed by atoms with Crippen LogP contribution in [-0.4, -0.2) is 23.7 Å². The molecule has 100 valence electrons. The molecule has 1 aliphatic rings. The lowest BCUT2D eigenvalue weighted by Gasteiger charge is -2.23. The van der Waals surface area contributed by atoms with Crippen LogP contribution in [0.25, 0.3) is 0 Å². The summed E-state index contributed by atoms with van der Waals surface area (Å²) < 4.78 is 5.80. The maximum atomic E-state index is 5.92. The van der Waals surface area contributed by atoms with Gasteiger partial charge in [-0.2, -0.15) is 4.98 Å². The molecule has 0 radical (unpaired) electrons. The second-order valence-electron chi connectivity index (χ2n) is 6.12. The van der Waals surface area contributed by atoms with Gasteiger partial charge in [-0.25, -0.2) is 0 Å². The maximum Gasteiger partial charge on any atom is 0.239 e. The lowest BCUT2D eigenvalue weighted by molar-refractivity contribution is 0.125. The molecule has 1 aliphatic heterocycles. The SMILES string of the molecule is CC1CCN(c2ccc(N)c(OC(C)(C)C)n2)C1. The number of rotatable bonds is 2. The smallest absolute Gasteiger partial charge is 0.239 e. The van der Waals surface area contributed by atoms with Crippen LogP contribution in [-0.2, 0) is 0 Å². The van der Waals surface area contributed by atoms with E-state index in [2.05, 4.69) is 16.8 Å². The van der Waals surface area contributed by atoms with E-state index in [1.807, 2.05) is 32.9 Å². The van der Waals surface area contributed by atoms with Gasteiger partial charge in [0.25, 0.3) is 0 Å². The van der Waals surface area contributed by atoms with Gasteiger partial charge in [-0.3, -0.25) is 0 Å². The number of nitrogen functional groups attached to an aromatic ring is 1. The molecule has 1 fully saturated rings. The molecule has 0 saturated carbocycles. The topological polar surface area (TPSA) is 51.4 Å². The van der Waals surface area contributed by atoms with E-state index in [0.717, 1.165) is 24.8 Å². The Kier molecular flexibility index (Phi) is 3.37. The highest BCUT2D eigenvalue weighted by molar-refractivity contribution is 5.55. The Morgan fingerprint density at radius 2 is 2.11 bits per heavy atom. The molecule has 4 heteroatoms. The molecule has 1 aromatic heterocycles. The van der Waals surface area contributed by atoms with Gasteiger partial charge in [0.15, 0.2) is 0 Å². The summed E-state index contributed by atoms with van der Waals surface area (Å²) >= 11 is 0. The van der Waals surface area contributed by atoms with Crippen molar-refractivity contribution in [2.45, 2.75) is 39.7 Å². The van der Waals surface area contributed by atoms with Crippen LogP contribution in [0.5, 0.6) is 5.88 Å². The number of aromatic nitrogens is 1. The van der Waals surface area contributed by atoms with Crippen LogP contribution >= 0.6 is 0 Å². The van der Waals surface area contributed by atoms with Gasteiger partial charge in [0, 0.05) is 13.1 Å². The highest BCUT2D eigenvalue weighted by atomic mass is 16.5. The molecule has 0 spiro atoms. The van der Waals surface area contributed by atoms with Crippen LogP contribution in [0.1, 0.15) is 34.1 Å². The molecule has 2 N–H and O–H groups in total. The van der Waals surface area contributed by atoms with Crippen LogP contribution in [0, 0.1) is 5.92 Å². The summed E-state index contributed by atoms with van der Waals surface area (Å²) in [7, 11) is 0. The third-order valence-electron chi connectivity index (χ3n) is 3.03. The average Bonchev–Trinajstić information content (AvgIpc) is 2.66. The first kappa shape index (κ1) is 13.0. The van der Waals surface area contributed by atoms with Gasteiger partial charge < -0.3 is 15.4 Å². The van der Waals surface area contributed by atoms with Crippen LogP contribution < -0.4 is 15.4 Å². The number of nitrogens with zero attached hydrogens (tertiary/aromatic N) is 2. The highest BCUT2D eigenvalue weighted by Crippen LogP contribution is 2.28. The number of hydrogen-bond donors (Lipinski definition) is 1. The molecule has 2 heterocycles. The number of anilines is 2. The van der Waals surface area contributed by atoms with Crippen molar-refractivity contribution in [1.29, 1.82) is 0 Å². The molecule has 0 bridgehead atoms. The maximum absolute atomic E-state index is 5.92. The van der Waals surface area contributed by atoms with Gasteiger partial charge in [0.05, 0.1) is 5.69 Å². The largest absolute Gasteiger partial charge is 0.470 e. The van der Waals surface area contributed by atoms with Gasteiger partial charge >= 0.3 is 0 Å². The summed E-state index contributed by atoms with van der Waals surface area (Å²) in [4.78, 5) is 6.84. The van der Waals surface area contributed by atoms with Crippen molar-refractivity contribution in [2.75, 3.05) is 23.7 Å². The molecule has 0 aromatic carbocycles. The van der Waals surface area contributed by atoms with E-state index in [9.17, 15) is 0 Å². The van der Waals surface area contributed by atoms with Crippen molar-refractivity contribution >= 4 is 11.5 Å². The Morgan fingerprint density at radius 3 is 2.67 bits per heavy atom. The first-order chi connectivity index (χ1) is 8.35. The Balaban J connectivity index is 2.21. The van der Waals surface area contributed by atoms with E-state index in [1.54, 1.807) is 0 Å². The Bertz CT molecular complexity index is 426. The molecule has 1 atom stereocenters. The summed E-state index contributed by atoms with van der Waals surface area (Å²) in [6, 6.07) is 3.86. The van der Waals surface area contributed by atoms with Gasteiger partial charge in [-0.15, -0.1) is 0 Å². The van der Waals surface area contributed by atoms with Crippen LogP contribution in [0.4, 0.5) is 11.5 Å². The van der Waals surface area contributed by atoms with Crippen molar-refractivity contribution in [3.63, 3.8) is 0 Å². The molecular weight excluding hydrogens is 226 g/mol. The average molecular weight is 249 g/mol. The van der Waals surface area contributed by atoms with E-state index < -0.39 is 0 Å². The molecule has 2 rings (SSSR count). The third-order valence-corrected chi connectivity index (χ3v) is 3.03. The van der Waals surface area contributed by atoms with E-state index in [-0.39, 0.29) is 5.60 Å². The molecule has 1 unspecified atom stereocenters. The first-order valence-electron chi connectivity index (χ1n) is 6.55. The molecule has 18 heavy (non-hydrogen) atoms.